The second-order valence-corrected chi connectivity index (χ2v) is 5.01. The van der Waals surface area contributed by atoms with Crippen LogP contribution in [-0.2, 0) is 0 Å². The number of nitrogens with one attached hydrogen (secondary N) is 1. The molecule has 0 saturated carbocycles. The predicted molar refractivity (Wildman–Crippen MR) is 74.5 cm³/mol. The maximum absolute atomic E-state index is 5.89. The van der Waals surface area contributed by atoms with E-state index < -0.39 is 0 Å². The molecule has 0 aliphatic rings. The van der Waals surface area contributed by atoms with E-state index in [4.69, 9.17) is 23.2 Å². The minimum atomic E-state index is 0.515. The van der Waals surface area contributed by atoms with Crippen molar-refractivity contribution in [2.75, 3.05) is 5.43 Å². The van der Waals surface area contributed by atoms with Gasteiger partial charge < -0.3 is 0 Å². The molecule has 2 rings (SSSR count). The fraction of sp³-hybridized carbons (Fsp3) is 0.0909. The standard InChI is InChI=1S/C11H9Cl2N3S/c1-7-6-17-11(15-7)16-14-5-8-2-3-9(12)10(13)4-8/h2-6H,1H3,(H,15,16)/b14-5-. The van der Waals surface area contributed by atoms with Crippen LogP contribution in [0.15, 0.2) is 28.7 Å². The van der Waals surface area contributed by atoms with Gasteiger partial charge in [-0.25, -0.2) is 4.98 Å². The molecule has 0 fully saturated rings. The highest BCUT2D eigenvalue weighted by Crippen LogP contribution is 2.21. The molecule has 1 N–H and O–H groups in total. The Balaban J connectivity index is 2.03. The highest BCUT2D eigenvalue weighted by molar-refractivity contribution is 7.13. The molecule has 0 radical (unpaired) electrons. The van der Waals surface area contributed by atoms with E-state index in [1.807, 2.05) is 18.4 Å². The van der Waals surface area contributed by atoms with Crippen LogP contribution in [0.2, 0.25) is 10.0 Å². The molecule has 0 aliphatic heterocycles. The first-order valence-corrected chi connectivity index (χ1v) is 6.45. The van der Waals surface area contributed by atoms with Crippen LogP contribution in [0.5, 0.6) is 0 Å². The lowest BCUT2D eigenvalue weighted by atomic mass is 10.2. The van der Waals surface area contributed by atoms with Gasteiger partial charge in [-0.1, -0.05) is 29.3 Å². The summed E-state index contributed by atoms with van der Waals surface area (Å²) in [6.45, 7) is 1.93. The number of hydrogen-bond acceptors (Lipinski definition) is 4. The van der Waals surface area contributed by atoms with Gasteiger partial charge in [-0.15, -0.1) is 11.3 Å². The Morgan fingerprint density at radius 2 is 2.18 bits per heavy atom. The first kappa shape index (κ1) is 12.4. The first-order chi connectivity index (χ1) is 8.15. The molecule has 1 aromatic heterocycles. The van der Waals surface area contributed by atoms with E-state index in [-0.39, 0.29) is 0 Å². The number of hydrazone groups is 1. The van der Waals surface area contributed by atoms with E-state index in [0.29, 0.717) is 10.0 Å². The van der Waals surface area contributed by atoms with Crippen molar-refractivity contribution in [1.29, 1.82) is 0 Å². The Kier molecular flexibility index (Phi) is 3.99. The summed E-state index contributed by atoms with van der Waals surface area (Å²) in [5, 5.41) is 7.83. The maximum atomic E-state index is 5.89. The Hall–Kier alpha value is -1.10. The molecule has 0 spiro atoms. The van der Waals surface area contributed by atoms with Gasteiger partial charge in [0.2, 0.25) is 5.13 Å². The summed E-state index contributed by atoms with van der Waals surface area (Å²) in [7, 11) is 0. The zero-order valence-electron chi connectivity index (χ0n) is 8.95. The molecule has 1 heterocycles. The van der Waals surface area contributed by atoms with Gasteiger partial charge in [-0.3, -0.25) is 5.43 Å². The van der Waals surface area contributed by atoms with Crippen LogP contribution in [-0.4, -0.2) is 11.2 Å². The molecule has 0 saturated heterocycles. The Bertz CT molecular complexity index is 551. The molecule has 0 amide bonds. The summed E-state index contributed by atoms with van der Waals surface area (Å²) >= 11 is 13.2. The largest absolute Gasteiger partial charge is 0.253 e. The number of halogens is 2. The topological polar surface area (TPSA) is 37.3 Å². The van der Waals surface area contributed by atoms with E-state index >= 15 is 0 Å². The van der Waals surface area contributed by atoms with Crippen molar-refractivity contribution >= 4 is 45.9 Å². The molecule has 6 heteroatoms. The molecule has 0 unspecified atom stereocenters. The lowest BCUT2D eigenvalue weighted by Gasteiger charge is -1.97. The molecular formula is C11H9Cl2N3S. The van der Waals surface area contributed by atoms with Crippen LogP contribution < -0.4 is 5.43 Å². The average Bonchev–Trinajstić information content (AvgIpc) is 2.70. The van der Waals surface area contributed by atoms with Crippen LogP contribution >= 0.6 is 34.5 Å². The van der Waals surface area contributed by atoms with Crippen LogP contribution in [0.1, 0.15) is 11.3 Å². The fourth-order valence-corrected chi connectivity index (χ4v) is 2.10. The number of nitrogens with zero attached hydrogens (tertiary/aromatic N) is 2. The normalized spacial score (nSPS) is 11.0. The molecule has 0 aliphatic carbocycles. The van der Waals surface area contributed by atoms with Crippen molar-refractivity contribution in [2.45, 2.75) is 6.92 Å². The number of aromatic nitrogens is 1. The summed E-state index contributed by atoms with van der Waals surface area (Å²) in [6.07, 6.45) is 1.67. The molecule has 2 aromatic rings. The molecule has 3 nitrogen and oxygen atoms in total. The summed E-state index contributed by atoms with van der Waals surface area (Å²) < 4.78 is 0. The average molecular weight is 286 g/mol. The maximum Gasteiger partial charge on any atom is 0.203 e. The number of rotatable bonds is 3. The Morgan fingerprint density at radius 3 is 2.82 bits per heavy atom. The number of hydrogen-bond donors (Lipinski definition) is 1. The Labute approximate surface area is 113 Å². The highest BCUT2D eigenvalue weighted by atomic mass is 35.5. The van der Waals surface area contributed by atoms with Crippen molar-refractivity contribution in [1.82, 2.24) is 4.98 Å². The number of aryl methyl sites for hydroxylation is 1. The van der Waals surface area contributed by atoms with Crippen molar-refractivity contribution in [3.8, 4) is 0 Å². The Morgan fingerprint density at radius 1 is 1.35 bits per heavy atom. The van der Waals surface area contributed by atoms with Crippen molar-refractivity contribution in [3.63, 3.8) is 0 Å². The molecule has 1 aromatic carbocycles. The smallest absolute Gasteiger partial charge is 0.203 e. The monoisotopic (exact) mass is 285 g/mol. The molecular weight excluding hydrogens is 277 g/mol. The number of thiazole rings is 1. The first-order valence-electron chi connectivity index (χ1n) is 4.81. The third-order valence-corrected chi connectivity index (χ3v) is 3.54. The summed E-state index contributed by atoms with van der Waals surface area (Å²) in [5.41, 5.74) is 4.70. The summed E-state index contributed by atoms with van der Waals surface area (Å²) in [5.74, 6) is 0. The molecule has 17 heavy (non-hydrogen) atoms. The van der Waals surface area contributed by atoms with Crippen LogP contribution in [0.3, 0.4) is 0 Å². The third kappa shape index (κ3) is 3.43. The second kappa shape index (κ2) is 5.49. The molecule has 0 atom stereocenters. The molecule has 88 valence electrons. The van der Waals surface area contributed by atoms with Gasteiger partial charge in [0.15, 0.2) is 0 Å². The zero-order chi connectivity index (χ0) is 12.3. The van der Waals surface area contributed by atoms with E-state index in [0.717, 1.165) is 16.4 Å². The van der Waals surface area contributed by atoms with Gasteiger partial charge >= 0.3 is 0 Å². The quantitative estimate of drug-likeness (QED) is 0.678. The van der Waals surface area contributed by atoms with E-state index in [1.54, 1.807) is 18.3 Å². The fourth-order valence-electron chi connectivity index (χ4n) is 1.16. The SMILES string of the molecule is Cc1csc(N/N=C\c2ccc(Cl)c(Cl)c2)n1. The van der Waals surface area contributed by atoms with Crippen LogP contribution in [0.4, 0.5) is 5.13 Å². The highest BCUT2D eigenvalue weighted by Gasteiger charge is 1.97. The minimum Gasteiger partial charge on any atom is -0.253 e. The van der Waals surface area contributed by atoms with Crippen molar-refractivity contribution < 1.29 is 0 Å². The van der Waals surface area contributed by atoms with E-state index in [1.165, 1.54) is 11.3 Å². The van der Waals surface area contributed by atoms with Gasteiger partial charge in [0, 0.05) is 5.38 Å². The van der Waals surface area contributed by atoms with Crippen molar-refractivity contribution in [3.05, 3.63) is 44.9 Å². The van der Waals surface area contributed by atoms with Crippen molar-refractivity contribution in [2.24, 2.45) is 5.10 Å². The summed E-state index contributed by atoms with van der Waals surface area (Å²) in [6, 6.07) is 5.33. The zero-order valence-corrected chi connectivity index (χ0v) is 11.3. The number of benzene rings is 1. The lowest BCUT2D eigenvalue weighted by Crippen LogP contribution is -1.90. The van der Waals surface area contributed by atoms with E-state index in [2.05, 4.69) is 15.5 Å². The van der Waals surface area contributed by atoms with Gasteiger partial charge in [0.25, 0.3) is 0 Å². The molecule has 0 bridgehead atoms. The van der Waals surface area contributed by atoms with Crippen LogP contribution in [0, 0.1) is 6.92 Å². The minimum absolute atomic E-state index is 0.515. The van der Waals surface area contributed by atoms with Gasteiger partial charge in [-0.05, 0) is 24.6 Å². The third-order valence-electron chi connectivity index (χ3n) is 1.94. The van der Waals surface area contributed by atoms with Gasteiger partial charge in [0.1, 0.15) is 0 Å². The lowest BCUT2D eigenvalue weighted by molar-refractivity contribution is 1.22. The number of anilines is 1. The van der Waals surface area contributed by atoms with Crippen LogP contribution in [0.25, 0.3) is 0 Å². The predicted octanol–water partition coefficient (Wildman–Crippen LogP) is 4.20. The van der Waals surface area contributed by atoms with Gasteiger partial charge in [-0.2, -0.15) is 5.10 Å². The van der Waals surface area contributed by atoms with Gasteiger partial charge in [0.05, 0.1) is 22.0 Å². The summed E-state index contributed by atoms with van der Waals surface area (Å²) in [4.78, 5) is 4.22. The van der Waals surface area contributed by atoms with E-state index in [9.17, 15) is 0 Å². The second-order valence-electron chi connectivity index (χ2n) is 3.34.